The average Bonchev–Trinajstić information content (AvgIpc) is 2.47. The molecule has 0 unspecified atom stereocenters. The van der Waals surface area contributed by atoms with Crippen molar-refractivity contribution in [3.8, 4) is 11.5 Å². The van der Waals surface area contributed by atoms with Gasteiger partial charge in [-0.3, -0.25) is 0 Å². The Labute approximate surface area is 117 Å². The number of ether oxygens (including phenoxy) is 2. The van der Waals surface area contributed by atoms with Crippen LogP contribution in [0.25, 0.3) is 0 Å². The first-order valence-corrected chi connectivity index (χ1v) is 6.17. The Morgan fingerprint density at radius 3 is 2.15 bits per heavy atom. The SMILES string of the molecule is COc1ccc(Cc2cc(OC)ccc2C(=O)O)cc1. The van der Waals surface area contributed by atoms with Crippen LogP contribution in [0.1, 0.15) is 21.5 Å². The van der Waals surface area contributed by atoms with Crippen molar-refractivity contribution in [1.29, 1.82) is 0 Å². The monoisotopic (exact) mass is 272 g/mol. The normalized spacial score (nSPS) is 10.1. The van der Waals surface area contributed by atoms with E-state index in [1.807, 2.05) is 24.3 Å². The number of carbonyl (C=O) groups is 1. The zero-order chi connectivity index (χ0) is 14.5. The Morgan fingerprint density at radius 1 is 1.00 bits per heavy atom. The summed E-state index contributed by atoms with van der Waals surface area (Å²) in [4.78, 5) is 11.3. The fourth-order valence-electron chi connectivity index (χ4n) is 2.02. The molecule has 0 aliphatic rings. The summed E-state index contributed by atoms with van der Waals surface area (Å²) in [5, 5.41) is 9.23. The van der Waals surface area contributed by atoms with Gasteiger partial charge in [0.05, 0.1) is 19.8 Å². The van der Waals surface area contributed by atoms with E-state index in [2.05, 4.69) is 0 Å². The molecule has 0 aliphatic heterocycles. The number of carboxylic acid groups (broad SMARTS) is 1. The lowest BCUT2D eigenvalue weighted by atomic mass is 9.99. The van der Waals surface area contributed by atoms with Gasteiger partial charge in [0.2, 0.25) is 0 Å². The first-order chi connectivity index (χ1) is 9.63. The Hall–Kier alpha value is -2.49. The molecule has 0 aliphatic carbocycles. The molecule has 20 heavy (non-hydrogen) atoms. The highest BCUT2D eigenvalue weighted by molar-refractivity contribution is 5.89. The van der Waals surface area contributed by atoms with E-state index in [-0.39, 0.29) is 0 Å². The molecule has 0 saturated carbocycles. The van der Waals surface area contributed by atoms with E-state index in [9.17, 15) is 9.90 Å². The van der Waals surface area contributed by atoms with Crippen LogP contribution in [0.2, 0.25) is 0 Å². The Balaban J connectivity index is 2.32. The third-order valence-electron chi connectivity index (χ3n) is 3.10. The quantitative estimate of drug-likeness (QED) is 0.909. The minimum Gasteiger partial charge on any atom is -0.497 e. The van der Waals surface area contributed by atoms with E-state index in [4.69, 9.17) is 9.47 Å². The van der Waals surface area contributed by atoms with E-state index in [1.165, 1.54) is 0 Å². The predicted molar refractivity (Wildman–Crippen MR) is 75.8 cm³/mol. The van der Waals surface area contributed by atoms with E-state index in [0.717, 1.165) is 16.9 Å². The lowest BCUT2D eigenvalue weighted by Gasteiger charge is -2.09. The maximum atomic E-state index is 11.3. The number of hydrogen-bond donors (Lipinski definition) is 1. The van der Waals surface area contributed by atoms with Gasteiger partial charge >= 0.3 is 5.97 Å². The second-order valence-electron chi connectivity index (χ2n) is 4.35. The van der Waals surface area contributed by atoms with Crippen molar-refractivity contribution in [2.75, 3.05) is 14.2 Å². The summed E-state index contributed by atoms with van der Waals surface area (Å²) >= 11 is 0. The molecule has 2 aromatic carbocycles. The Kier molecular flexibility index (Phi) is 4.25. The first kappa shape index (κ1) is 13.9. The predicted octanol–water partition coefficient (Wildman–Crippen LogP) is 2.99. The van der Waals surface area contributed by atoms with Gasteiger partial charge < -0.3 is 14.6 Å². The minimum atomic E-state index is -0.934. The highest BCUT2D eigenvalue weighted by atomic mass is 16.5. The van der Waals surface area contributed by atoms with Crippen molar-refractivity contribution in [3.63, 3.8) is 0 Å². The molecule has 0 saturated heterocycles. The summed E-state index contributed by atoms with van der Waals surface area (Å²) < 4.78 is 10.3. The second-order valence-corrected chi connectivity index (χ2v) is 4.35. The lowest BCUT2D eigenvalue weighted by molar-refractivity contribution is 0.0696. The van der Waals surface area contributed by atoms with Crippen LogP contribution < -0.4 is 9.47 Å². The molecule has 0 fully saturated rings. The van der Waals surface area contributed by atoms with E-state index >= 15 is 0 Å². The van der Waals surface area contributed by atoms with Crippen LogP contribution in [0.15, 0.2) is 42.5 Å². The lowest BCUT2D eigenvalue weighted by Crippen LogP contribution is -2.03. The minimum absolute atomic E-state index is 0.293. The Morgan fingerprint density at radius 2 is 1.60 bits per heavy atom. The molecular formula is C16H16O4. The molecule has 2 rings (SSSR count). The van der Waals surface area contributed by atoms with Gasteiger partial charge in [0.25, 0.3) is 0 Å². The maximum absolute atomic E-state index is 11.3. The van der Waals surface area contributed by atoms with E-state index < -0.39 is 5.97 Å². The molecule has 0 heterocycles. The second kappa shape index (κ2) is 6.10. The third kappa shape index (κ3) is 3.09. The number of hydrogen-bond acceptors (Lipinski definition) is 3. The molecule has 0 aromatic heterocycles. The van der Waals surface area contributed by atoms with Crippen LogP contribution in [0, 0.1) is 0 Å². The van der Waals surface area contributed by atoms with E-state index in [0.29, 0.717) is 17.7 Å². The highest BCUT2D eigenvalue weighted by Gasteiger charge is 2.11. The van der Waals surface area contributed by atoms with Crippen molar-refractivity contribution in [1.82, 2.24) is 0 Å². The van der Waals surface area contributed by atoms with Crippen molar-refractivity contribution >= 4 is 5.97 Å². The van der Waals surface area contributed by atoms with Gasteiger partial charge in [-0.1, -0.05) is 12.1 Å². The molecule has 0 spiro atoms. The van der Waals surface area contributed by atoms with Gasteiger partial charge in [0.1, 0.15) is 11.5 Å². The zero-order valence-corrected chi connectivity index (χ0v) is 11.4. The maximum Gasteiger partial charge on any atom is 0.335 e. The molecule has 1 N–H and O–H groups in total. The molecule has 104 valence electrons. The van der Waals surface area contributed by atoms with Crippen LogP contribution in [0.5, 0.6) is 11.5 Å². The number of rotatable bonds is 5. The van der Waals surface area contributed by atoms with Gasteiger partial charge in [0.15, 0.2) is 0 Å². The summed E-state index contributed by atoms with van der Waals surface area (Å²) in [5.74, 6) is 0.493. The van der Waals surface area contributed by atoms with Crippen LogP contribution in [0.3, 0.4) is 0 Å². The number of benzene rings is 2. The van der Waals surface area contributed by atoms with Crippen LogP contribution in [0.4, 0.5) is 0 Å². The molecule has 4 heteroatoms. The van der Waals surface area contributed by atoms with Crippen LogP contribution in [-0.4, -0.2) is 25.3 Å². The van der Waals surface area contributed by atoms with Crippen molar-refractivity contribution < 1.29 is 19.4 Å². The van der Waals surface area contributed by atoms with E-state index in [1.54, 1.807) is 32.4 Å². The molecule has 0 bridgehead atoms. The van der Waals surface area contributed by atoms with Gasteiger partial charge in [-0.2, -0.15) is 0 Å². The van der Waals surface area contributed by atoms with Crippen LogP contribution >= 0.6 is 0 Å². The van der Waals surface area contributed by atoms with Crippen molar-refractivity contribution in [2.24, 2.45) is 0 Å². The third-order valence-corrected chi connectivity index (χ3v) is 3.10. The Bertz CT molecular complexity index is 602. The van der Waals surface area contributed by atoms with Crippen molar-refractivity contribution in [3.05, 3.63) is 59.2 Å². The topological polar surface area (TPSA) is 55.8 Å². The standard InChI is InChI=1S/C16H16O4/c1-19-13-5-3-11(4-6-13)9-12-10-14(20-2)7-8-15(12)16(17)18/h3-8,10H,9H2,1-2H3,(H,17,18). The summed E-state index contributed by atoms with van der Waals surface area (Å²) in [5.41, 5.74) is 2.03. The average molecular weight is 272 g/mol. The highest BCUT2D eigenvalue weighted by Crippen LogP contribution is 2.22. The molecule has 2 aromatic rings. The number of methoxy groups -OCH3 is 2. The van der Waals surface area contributed by atoms with Gasteiger partial charge in [-0.25, -0.2) is 4.79 Å². The number of carboxylic acids is 1. The summed E-state index contributed by atoms with van der Waals surface area (Å²) in [7, 11) is 3.17. The summed E-state index contributed by atoms with van der Waals surface area (Å²) in [6.45, 7) is 0. The molecule has 0 atom stereocenters. The fraction of sp³-hybridized carbons (Fsp3) is 0.188. The number of aromatic carboxylic acids is 1. The van der Waals surface area contributed by atoms with Crippen molar-refractivity contribution in [2.45, 2.75) is 6.42 Å². The molecule has 0 radical (unpaired) electrons. The van der Waals surface area contributed by atoms with Crippen LogP contribution in [-0.2, 0) is 6.42 Å². The molecule has 0 amide bonds. The molecular weight excluding hydrogens is 256 g/mol. The van der Waals surface area contributed by atoms with Gasteiger partial charge in [-0.15, -0.1) is 0 Å². The summed E-state index contributed by atoms with van der Waals surface area (Å²) in [6.07, 6.45) is 0.531. The zero-order valence-electron chi connectivity index (χ0n) is 11.4. The largest absolute Gasteiger partial charge is 0.497 e. The first-order valence-electron chi connectivity index (χ1n) is 6.17. The fourth-order valence-corrected chi connectivity index (χ4v) is 2.02. The molecule has 4 nitrogen and oxygen atoms in total. The van der Waals surface area contributed by atoms with Gasteiger partial charge in [0, 0.05) is 0 Å². The van der Waals surface area contributed by atoms with Gasteiger partial charge in [-0.05, 0) is 47.9 Å². The summed E-state index contributed by atoms with van der Waals surface area (Å²) in [6, 6.07) is 12.5. The smallest absolute Gasteiger partial charge is 0.335 e.